The molecule has 11 heteroatoms. The third kappa shape index (κ3) is 4.51. The number of aryl methyl sites for hydroxylation is 2. The summed E-state index contributed by atoms with van der Waals surface area (Å²) >= 11 is 5.67. The Morgan fingerprint density at radius 1 is 1.19 bits per heavy atom. The van der Waals surface area contributed by atoms with Gasteiger partial charge in [0.15, 0.2) is 12.3 Å². The minimum Gasteiger partial charge on any atom is -0.484 e. The van der Waals surface area contributed by atoms with E-state index in [4.69, 9.17) is 16.3 Å². The molecule has 3 N–H and O–H groups in total. The molecular weight excluding hydrogens is 489 g/mol. The molecule has 0 unspecified atom stereocenters. The molecule has 2 bridgehead atoms. The van der Waals surface area contributed by atoms with Crippen molar-refractivity contribution >= 4 is 29.1 Å². The first-order chi connectivity index (χ1) is 17.1. The van der Waals surface area contributed by atoms with Gasteiger partial charge in [0, 0.05) is 17.3 Å². The van der Waals surface area contributed by atoms with Crippen molar-refractivity contribution in [1.82, 2.24) is 25.2 Å². The maximum atomic E-state index is 13.6. The molecule has 2 heterocycles. The molecule has 9 nitrogen and oxygen atoms in total. The zero-order valence-electron chi connectivity index (χ0n) is 20.0. The predicted octanol–water partition coefficient (Wildman–Crippen LogP) is 2.88. The van der Waals surface area contributed by atoms with E-state index in [-0.39, 0.29) is 29.1 Å². The van der Waals surface area contributed by atoms with Gasteiger partial charge < -0.3 is 20.5 Å². The lowest BCUT2D eigenvalue weighted by atomic mass is 9.60. The number of halogens is 2. The summed E-state index contributed by atoms with van der Waals surface area (Å²) in [6.07, 6.45) is 1.61. The van der Waals surface area contributed by atoms with Crippen LogP contribution >= 0.6 is 11.6 Å². The van der Waals surface area contributed by atoms with Gasteiger partial charge in [0.1, 0.15) is 11.6 Å². The van der Waals surface area contributed by atoms with Crippen LogP contribution < -0.4 is 15.4 Å². The molecule has 0 saturated heterocycles. The Kier molecular flexibility index (Phi) is 6.12. The molecule has 3 aliphatic rings. The van der Waals surface area contributed by atoms with Crippen molar-refractivity contribution in [2.45, 2.75) is 63.1 Å². The minimum absolute atomic E-state index is 0.0315. The summed E-state index contributed by atoms with van der Waals surface area (Å²) in [4.78, 5) is 30.0. The fourth-order valence-corrected chi connectivity index (χ4v) is 5.51. The molecule has 1 atom stereocenters. The number of nitrogens with one attached hydrogen (secondary N) is 2. The zero-order valence-corrected chi connectivity index (χ0v) is 20.7. The Morgan fingerprint density at radius 3 is 2.64 bits per heavy atom. The van der Waals surface area contributed by atoms with Gasteiger partial charge in [0.2, 0.25) is 5.82 Å². The lowest BCUT2D eigenvalue weighted by molar-refractivity contribution is -0.132. The smallest absolute Gasteiger partial charge is 0.291 e. The highest BCUT2D eigenvalue weighted by atomic mass is 35.5. The Balaban J connectivity index is 1.21. The Labute approximate surface area is 212 Å². The number of pyridine rings is 1. The lowest BCUT2D eigenvalue weighted by Crippen LogP contribution is -2.70. The number of carbonyl (C=O) groups is 2. The number of aliphatic hydroxyl groups is 1. The van der Waals surface area contributed by atoms with E-state index >= 15 is 0 Å². The van der Waals surface area contributed by atoms with Gasteiger partial charge in [-0.3, -0.25) is 9.59 Å². The van der Waals surface area contributed by atoms with Gasteiger partial charge in [-0.2, -0.15) is 0 Å². The Hall–Kier alpha value is -3.24. The molecule has 1 aromatic carbocycles. The number of hydrogen-bond donors (Lipinski definition) is 3. The van der Waals surface area contributed by atoms with E-state index in [0.29, 0.717) is 37.8 Å². The van der Waals surface area contributed by atoms with E-state index in [0.717, 1.165) is 17.3 Å². The van der Waals surface area contributed by atoms with Crippen molar-refractivity contribution < 1.29 is 23.8 Å². The summed E-state index contributed by atoms with van der Waals surface area (Å²) in [5, 5.41) is 21.3. The van der Waals surface area contributed by atoms with Crippen LogP contribution in [0.1, 0.15) is 54.0 Å². The van der Waals surface area contributed by atoms with Gasteiger partial charge in [-0.25, -0.2) is 13.9 Å². The highest BCUT2D eigenvalue weighted by molar-refractivity contribution is 6.30. The number of ether oxygens (including phenoxy) is 1. The maximum Gasteiger partial charge on any atom is 0.291 e. The Morgan fingerprint density at radius 2 is 1.94 bits per heavy atom. The lowest BCUT2D eigenvalue weighted by Gasteiger charge is -2.56. The number of benzene rings is 1. The first-order valence-electron chi connectivity index (χ1n) is 11.8. The van der Waals surface area contributed by atoms with Crippen LogP contribution in [0, 0.1) is 19.7 Å². The van der Waals surface area contributed by atoms with Crippen molar-refractivity contribution in [2.24, 2.45) is 0 Å². The van der Waals surface area contributed by atoms with Crippen LogP contribution in [0.25, 0.3) is 5.65 Å². The highest BCUT2D eigenvalue weighted by Gasteiger charge is 2.55. The van der Waals surface area contributed by atoms with E-state index in [1.807, 2.05) is 26.0 Å². The SMILES string of the molecule is Cc1cc(C)n2nc(C(=O)NC34CCC(NC(=O)COc5ccc(Cl)c(F)c5)(CC3)[C@@H](O)C4)nc2c1. The van der Waals surface area contributed by atoms with Crippen LogP contribution in [0.5, 0.6) is 5.75 Å². The molecule has 2 amide bonds. The van der Waals surface area contributed by atoms with E-state index in [9.17, 15) is 19.1 Å². The van der Waals surface area contributed by atoms with Crippen molar-refractivity contribution in [3.63, 3.8) is 0 Å². The molecule has 2 aromatic heterocycles. The highest BCUT2D eigenvalue weighted by Crippen LogP contribution is 2.47. The molecule has 3 saturated carbocycles. The molecule has 0 spiro atoms. The first-order valence-corrected chi connectivity index (χ1v) is 12.2. The summed E-state index contributed by atoms with van der Waals surface area (Å²) in [5.74, 6) is -1.16. The molecule has 6 rings (SSSR count). The number of amides is 2. The molecule has 0 aliphatic heterocycles. The van der Waals surface area contributed by atoms with Crippen molar-refractivity contribution in [3.05, 3.63) is 58.3 Å². The van der Waals surface area contributed by atoms with Crippen LogP contribution in [0.15, 0.2) is 30.3 Å². The third-order valence-electron chi connectivity index (χ3n) is 7.31. The molecule has 3 aromatic rings. The van der Waals surface area contributed by atoms with Gasteiger partial charge in [-0.05, 0) is 75.8 Å². The maximum absolute atomic E-state index is 13.6. The summed E-state index contributed by atoms with van der Waals surface area (Å²) in [7, 11) is 0. The summed E-state index contributed by atoms with van der Waals surface area (Å²) in [6.45, 7) is 3.54. The third-order valence-corrected chi connectivity index (χ3v) is 7.62. The van der Waals surface area contributed by atoms with Gasteiger partial charge in [0.05, 0.1) is 16.7 Å². The molecule has 0 radical (unpaired) electrons. The average molecular weight is 516 g/mol. The number of nitrogens with zero attached hydrogens (tertiary/aromatic N) is 3. The summed E-state index contributed by atoms with van der Waals surface area (Å²) in [5.41, 5.74) is 1.13. The molecule has 36 heavy (non-hydrogen) atoms. The topological polar surface area (TPSA) is 118 Å². The quantitative estimate of drug-likeness (QED) is 0.464. The van der Waals surface area contributed by atoms with Crippen LogP contribution in [-0.4, -0.2) is 55.3 Å². The second kappa shape index (κ2) is 9.01. The van der Waals surface area contributed by atoms with Crippen LogP contribution in [-0.2, 0) is 4.79 Å². The Bertz CT molecular complexity index is 1350. The van der Waals surface area contributed by atoms with Gasteiger partial charge >= 0.3 is 0 Å². The number of aromatic nitrogens is 3. The number of fused-ring (bicyclic) bond motifs is 4. The number of aliphatic hydroxyl groups excluding tert-OH is 1. The minimum atomic E-state index is -0.851. The zero-order chi connectivity index (χ0) is 25.7. The fraction of sp³-hybridized carbons (Fsp3) is 0.440. The van der Waals surface area contributed by atoms with Gasteiger partial charge in [-0.1, -0.05) is 11.6 Å². The molecular formula is C25H27ClFN5O4. The number of rotatable bonds is 6. The average Bonchev–Trinajstić information content (AvgIpc) is 3.26. The van der Waals surface area contributed by atoms with Crippen molar-refractivity contribution in [3.8, 4) is 5.75 Å². The standard InChI is InChI=1S/C25H27ClFN5O4/c1-14-9-15(2)32-20(10-14)28-22(31-32)23(35)30-24-5-7-25(8-6-24,19(33)12-24)29-21(34)13-36-16-3-4-17(26)18(27)11-16/h3-4,9-11,19,33H,5-8,12-13H2,1-2H3,(H,29,34)(H,30,35)/t19-,24?,25?/m0/s1. The second-order valence-electron chi connectivity index (χ2n) is 9.90. The van der Waals surface area contributed by atoms with Gasteiger partial charge in [-0.15, -0.1) is 5.10 Å². The molecule has 3 fully saturated rings. The monoisotopic (exact) mass is 515 g/mol. The largest absolute Gasteiger partial charge is 0.484 e. The summed E-state index contributed by atoms with van der Waals surface area (Å²) in [6, 6.07) is 7.77. The molecule has 190 valence electrons. The van der Waals surface area contributed by atoms with E-state index in [2.05, 4.69) is 20.7 Å². The van der Waals surface area contributed by atoms with Crippen molar-refractivity contribution in [2.75, 3.05) is 6.61 Å². The van der Waals surface area contributed by atoms with Crippen LogP contribution in [0.4, 0.5) is 4.39 Å². The van der Waals surface area contributed by atoms with E-state index < -0.39 is 28.9 Å². The first kappa shape index (κ1) is 24.5. The van der Waals surface area contributed by atoms with Crippen molar-refractivity contribution in [1.29, 1.82) is 0 Å². The second-order valence-corrected chi connectivity index (χ2v) is 10.3. The number of hydrogen-bond acceptors (Lipinski definition) is 6. The number of carbonyl (C=O) groups excluding carboxylic acids is 2. The van der Waals surface area contributed by atoms with Gasteiger partial charge in [0.25, 0.3) is 11.8 Å². The van der Waals surface area contributed by atoms with Crippen LogP contribution in [0.2, 0.25) is 5.02 Å². The van der Waals surface area contributed by atoms with Crippen LogP contribution in [0.3, 0.4) is 0 Å². The molecule has 3 aliphatic carbocycles. The fourth-order valence-electron chi connectivity index (χ4n) is 5.40. The summed E-state index contributed by atoms with van der Waals surface area (Å²) < 4.78 is 20.6. The van der Waals surface area contributed by atoms with E-state index in [1.54, 1.807) is 4.52 Å². The van der Waals surface area contributed by atoms with E-state index in [1.165, 1.54) is 12.1 Å². The normalized spacial score (nSPS) is 25.1. The predicted molar refractivity (Wildman–Crippen MR) is 130 cm³/mol.